The first-order valence-corrected chi connectivity index (χ1v) is 3.76. The van der Waals surface area contributed by atoms with Crippen molar-refractivity contribution in [1.82, 2.24) is 0 Å². The molecule has 0 saturated carbocycles. The molecule has 0 heterocycles. The number of halogens is 2. The van der Waals surface area contributed by atoms with Gasteiger partial charge >= 0.3 is 0 Å². The number of benzene rings is 1. The third kappa shape index (κ3) is 1.83. The van der Waals surface area contributed by atoms with Gasteiger partial charge in [0.25, 0.3) is 0 Å². The normalized spacial score (nSPS) is 9.77. The van der Waals surface area contributed by atoms with E-state index in [1.54, 1.807) is 6.92 Å². The molecular weight excluding hydrogens is 178 g/mol. The highest BCUT2D eigenvalue weighted by atomic mass is 19.2. The quantitative estimate of drug-likeness (QED) is 0.676. The molecule has 0 aliphatic heterocycles. The molecule has 0 atom stereocenters. The van der Waals surface area contributed by atoms with Crippen LogP contribution in [0.5, 0.6) is 5.75 Å². The predicted octanol–water partition coefficient (Wildman–Crippen LogP) is 2.18. The molecule has 0 aromatic heterocycles. The van der Waals surface area contributed by atoms with Gasteiger partial charge in [-0.05, 0) is 19.1 Å². The molecule has 4 heteroatoms. The van der Waals surface area contributed by atoms with E-state index in [1.807, 2.05) is 0 Å². The van der Waals surface area contributed by atoms with Gasteiger partial charge in [0.15, 0.2) is 17.9 Å². The fraction of sp³-hybridized carbons (Fsp3) is 0.222. The number of carbonyl (C=O) groups is 1. The van der Waals surface area contributed by atoms with E-state index in [1.165, 1.54) is 12.1 Å². The van der Waals surface area contributed by atoms with Gasteiger partial charge in [0.2, 0.25) is 5.82 Å². The minimum atomic E-state index is -1.17. The van der Waals surface area contributed by atoms with Crippen molar-refractivity contribution in [3.8, 4) is 5.75 Å². The highest BCUT2D eigenvalue weighted by Crippen LogP contribution is 2.21. The van der Waals surface area contributed by atoms with Crippen molar-refractivity contribution in [1.29, 1.82) is 0 Å². The number of hydrogen-bond donors (Lipinski definition) is 0. The summed E-state index contributed by atoms with van der Waals surface area (Å²) in [5.41, 5.74) is -0.305. The van der Waals surface area contributed by atoms with Crippen LogP contribution >= 0.6 is 0 Å². The monoisotopic (exact) mass is 186 g/mol. The van der Waals surface area contributed by atoms with Crippen molar-refractivity contribution in [2.45, 2.75) is 6.92 Å². The number of rotatable bonds is 3. The Morgan fingerprint density at radius 2 is 2.08 bits per heavy atom. The maximum atomic E-state index is 13.0. The topological polar surface area (TPSA) is 26.3 Å². The Kier molecular flexibility index (Phi) is 2.95. The van der Waals surface area contributed by atoms with Crippen molar-refractivity contribution in [2.75, 3.05) is 6.61 Å². The summed E-state index contributed by atoms with van der Waals surface area (Å²) >= 11 is 0. The Morgan fingerprint density at radius 1 is 1.38 bits per heavy atom. The first-order valence-electron chi connectivity index (χ1n) is 3.76. The lowest BCUT2D eigenvalue weighted by Gasteiger charge is -2.05. The average Bonchev–Trinajstić information content (AvgIpc) is 2.14. The molecule has 0 bridgehead atoms. The Hall–Kier alpha value is -1.45. The van der Waals surface area contributed by atoms with Crippen LogP contribution in [-0.2, 0) is 0 Å². The van der Waals surface area contributed by atoms with Gasteiger partial charge in [-0.1, -0.05) is 0 Å². The maximum Gasteiger partial charge on any atom is 0.201 e. The zero-order chi connectivity index (χ0) is 9.84. The van der Waals surface area contributed by atoms with Gasteiger partial charge < -0.3 is 4.74 Å². The van der Waals surface area contributed by atoms with E-state index < -0.39 is 11.6 Å². The van der Waals surface area contributed by atoms with Crippen molar-refractivity contribution in [3.63, 3.8) is 0 Å². The van der Waals surface area contributed by atoms with Crippen LogP contribution < -0.4 is 4.74 Å². The number of carbonyl (C=O) groups excluding carboxylic acids is 1. The van der Waals surface area contributed by atoms with Crippen LogP contribution in [0.1, 0.15) is 17.3 Å². The summed E-state index contributed by atoms with van der Waals surface area (Å²) < 4.78 is 30.7. The summed E-state index contributed by atoms with van der Waals surface area (Å²) in [7, 11) is 0. The molecule has 13 heavy (non-hydrogen) atoms. The number of aldehydes is 1. The highest BCUT2D eigenvalue weighted by molar-refractivity contribution is 5.75. The van der Waals surface area contributed by atoms with Gasteiger partial charge in [0.1, 0.15) is 0 Å². The van der Waals surface area contributed by atoms with Crippen LogP contribution in [0.3, 0.4) is 0 Å². The van der Waals surface area contributed by atoms with Gasteiger partial charge in [0, 0.05) is 0 Å². The maximum absolute atomic E-state index is 13.0. The third-order valence-corrected chi connectivity index (χ3v) is 1.50. The van der Waals surface area contributed by atoms with Crippen molar-refractivity contribution >= 4 is 6.29 Å². The summed E-state index contributed by atoms with van der Waals surface area (Å²) in [4.78, 5) is 10.2. The fourth-order valence-corrected chi connectivity index (χ4v) is 0.905. The second kappa shape index (κ2) is 3.98. The lowest BCUT2D eigenvalue weighted by molar-refractivity contribution is 0.111. The van der Waals surface area contributed by atoms with E-state index in [2.05, 4.69) is 0 Å². The molecule has 1 aromatic carbocycles. The molecule has 0 saturated heterocycles. The summed E-state index contributed by atoms with van der Waals surface area (Å²) in [6.07, 6.45) is 0.258. The first-order chi connectivity index (χ1) is 6.20. The molecule has 70 valence electrons. The Morgan fingerprint density at radius 3 is 2.62 bits per heavy atom. The molecule has 0 unspecified atom stereocenters. The molecule has 0 aliphatic carbocycles. The molecular formula is C9H8F2O2. The smallest absolute Gasteiger partial charge is 0.201 e. The standard InChI is InChI=1S/C9H8F2O2/c1-2-13-7-4-3-6(5-12)8(10)9(7)11/h3-5H,2H2,1H3. The van der Waals surface area contributed by atoms with Crippen LogP contribution in [0, 0.1) is 11.6 Å². The van der Waals surface area contributed by atoms with Crippen molar-refractivity contribution in [2.24, 2.45) is 0 Å². The largest absolute Gasteiger partial charge is 0.491 e. The summed E-state index contributed by atoms with van der Waals surface area (Å²) in [6.45, 7) is 1.90. The minimum absolute atomic E-state index is 0.175. The van der Waals surface area contributed by atoms with Crippen LogP contribution in [-0.4, -0.2) is 12.9 Å². The second-order valence-electron chi connectivity index (χ2n) is 2.33. The lowest BCUT2D eigenvalue weighted by Crippen LogP contribution is -1.99. The SMILES string of the molecule is CCOc1ccc(C=O)c(F)c1F. The zero-order valence-corrected chi connectivity index (χ0v) is 7.01. The molecule has 1 aromatic rings. The van der Waals surface area contributed by atoms with Crippen LogP contribution in [0.25, 0.3) is 0 Å². The summed E-state index contributed by atoms with van der Waals surface area (Å²) in [5, 5.41) is 0. The molecule has 0 amide bonds. The number of hydrogen-bond acceptors (Lipinski definition) is 2. The lowest BCUT2D eigenvalue weighted by atomic mass is 10.2. The van der Waals surface area contributed by atoms with Gasteiger partial charge in [-0.15, -0.1) is 0 Å². The molecule has 2 nitrogen and oxygen atoms in total. The zero-order valence-electron chi connectivity index (χ0n) is 7.01. The van der Waals surface area contributed by atoms with E-state index in [0.717, 1.165) is 0 Å². The van der Waals surface area contributed by atoms with Gasteiger partial charge in [-0.3, -0.25) is 4.79 Å². The van der Waals surface area contributed by atoms with E-state index in [0.29, 0.717) is 0 Å². The van der Waals surface area contributed by atoms with Crippen LogP contribution in [0.2, 0.25) is 0 Å². The molecule has 0 radical (unpaired) electrons. The molecule has 0 spiro atoms. The average molecular weight is 186 g/mol. The fourth-order valence-electron chi connectivity index (χ4n) is 0.905. The highest BCUT2D eigenvalue weighted by Gasteiger charge is 2.13. The number of ether oxygens (including phenoxy) is 1. The Bertz CT molecular complexity index is 324. The molecule has 0 aliphatic rings. The first kappa shape index (κ1) is 9.64. The molecule has 0 fully saturated rings. The second-order valence-corrected chi connectivity index (χ2v) is 2.33. The van der Waals surface area contributed by atoms with E-state index in [4.69, 9.17) is 4.74 Å². The van der Waals surface area contributed by atoms with Crippen molar-refractivity contribution in [3.05, 3.63) is 29.3 Å². The summed E-state index contributed by atoms with van der Waals surface area (Å²) in [6, 6.07) is 2.40. The molecule has 1 rings (SSSR count). The van der Waals surface area contributed by atoms with Gasteiger partial charge in [-0.25, -0.2) is 4.39 Å². The summed E-state index contributed by atoms with van der Waals surface area (Å²) in [5.74, 6) is -2.46. The minimum Gasteiger partial charge on any atom is -0.491 e. The Balaban J connectivity index is 3.14. The predicted molar refractivity (Wildman–Crippen MR) is 42.9 cm³/mol. The van der Waals surface area contributed by atoms with Gasteiger partial charge in [0.05, 0.1) is 12.2 Å². The molecule has 0 N–H and O–H groups in total. The van der Waals surface area contributed by atoms with E-state index >= 15 is 0 Å². The third-order valence-electron chi connectivity index (χ3n) is 1.50. The van der Waals surface area contributed by atoms with Crippen LogP contribution in [0.4, 0.5) is 8.78 Å². The Labute approximate surface area is 74.1 Å². The van der Waals surface area contributed by atoms with Crippen LogP contribution in [0.15, 0.2) is 12.1 Å². The van der Waals surface area contributed by atoms with Gasteiger partial charge in [-0.2, -0.15) is 4.39 Å². The van der Waals surface area contributed by atoms with Crippen molar-refractivity contribution < 1.29 is 18.3 Å². The van der Waals surface area contributed by atoms with E-state index in [-0.39, 0.29) is 24.2 Å². The van der Waals surface area contributed by atoms with E-state index in [9.17, 15) is 13.6 Å².